The molecule has 2 aliphatic rings. The number of primary amides is 1. The number of ether oxygens (including phenoxy) is 2. The van der Waals surface area contributed by atoms with Gasteiger partial charge in [0.25, 0.3) is 0 Å². The van der Waals surface area contributed by atoms with E-state index in [0.717, 1.165) is 5.56 Å². The molecule has 2 N–H and O–H groups in total. The van der Waals surface area contributed by atoms with E-state index in [1.54, 1.807) is 35.2 Å². The van der Waals surface area contributed by atoms with Gasteiger partial charge >= 0.3 is 0 Å². The van der Waals surface area contributed by atoms with Crippen LogP contribution in [0.15, 0.2) is 72.8 Å². The zero-order chi connectivity index (χ0) is 25.2. The summed E-state index contributed by atoms with van der Waals surface area (Å²) in [6, 6.07) is 20.7. The summed E-state index contributed by atoms with van der Waals surface area (Å²) in [4.78, 5) is 40.6. The van der Waals surface area contributed by atoms with Crippen LogP contribution in [0.5, 0.6) is 11.5 Å². The second-order valence-electron chi connectivity index (χ2n) is 8.99. The zero-order valence-electron chi connectivity index (χ0n) is 19.4. The topological polar surface area (TPSA) is 98.9 Å². The van der Waals surface area contributed by atoms with Crippen LogP contribution in [-0.4, -0.2) is 47.8 Å². The third-order valence-electron chi connectivity index (χ3n) is 6.69. The van der Waals surface area contributed by atoms with Crippen LogP contribution in [0, 0.1) is 0 Å². The molecular formula is C28H25ClN2O5. The molecule has 2 amide bonds. The van der Waals surface area contributed by atoms with Crippen LogP contribution in [-0.2, 0) is 20.7 Å². The average molecular weight is 505 g/mol. The SMILES string of the molecule is NC(=O)c1ccc(Oc2ccccc2)cc1C(Cc1ccc(Cl)cc1)C(=O)N1CCC2OCC(=O)C21. The van der Waals surface area contributed by atoms with Gasteiger partial charge in [-0.1, -0.05) is 41.9 Å². The molecular weight excluding hydrogens is 480 g/mol. The number of ketones is 1. The van der Waals surface area contributed by atoms with Crippen LogP contribution in [0.1, 0.15) is 33.8 Å². The summed E-state index contributed by atoms with van der Waals surface area (Å²) >= 11 is 6.07. The van der Waals surface area contributed by atoms with Gasteiger partial charge in [-0.3, -0.25) is 14.4 Å². The van der Waals surface area contributed by atoms with Crippen LogP contribution >= 0.6 is 11.6 Å². The molecule has 36 heavy (non-hydrogen) atoms. The highest BCUT2D eigenvalue weighted by molar-refractivity contribution is 6.30. The molecule has 3 unspecified atom stereocenters. The summed E-state index contributed by atoms with van der Waals surface area (Å²) < 4.78 is 11.6. The second-order valence-corrected chi connectivity index (χ2v) is 9.43. The van der Waals surface area contributed by atoms with E-state index in [9.17, 15) is 14.4 Å². The first-order chi connectivity index (χ1) is 17.4. The highest BCUT2D eigenvalue weighted by atomic mass is 35.5. The Morgan fingerprint density at radius 2 is 1.81 bits per heavy atom. The predicted molar refractivity (Wildman–Crippen MR) is 134 cm³/mol. The number of fused-ring (bicyclic) bond motifs is 1. The van der Waals surface area contributed by atoms with Gasteiger partial charge in [0.05, 0.1) is 12.0 Å². The van der Waals surface area contributed by atoms with E-state index in [0.29, 0.717) is 35.1 Å². The molecule has 8 heteroatoms. The van der Waals surface area contributed by atoms with E-state index >= 15 is 0 Å². The Balaban J connectivity index is 1.56. The predicted octanol–water partition coefficient (Wildman–Crippen LogP) is 4.13. The maximum Gasteiger partial charge on any atom is 0.249 e. The number of likely N-dealkylation sites (tertiary alicyclic amines) is 1. The highest BCUT2D eigenvalue weighted by Gasteiger charge is 2.48. The number of benzene rings is 3. The Hall–Kier alpha value is -3.68. The summed E-state index contributed by atoms with van der Waals surface area (Å²) in [5.74, 6) is -0.699. The molecule has 0 radical (unpaired) electrons. The number of halogens is 1. The molecule has 3 atom stereocenters. The number of Topliss-reactive ketones (excluding diaryl/α,β-unsaturated/α-hetero) is 1. The maximum absolute atomic E-state index is 14.0. The van der Waals surface area contributed by atoms with Crippen molar-refractivity contribution in [3.05, 3.63) is 94.5 Å². The van der Waals surface area contributed by atoms with E-state index < -0.39 is 17.9 Å². The van der Waals surface area contributed by atoms with E-state index in [2.05, 4.69) is 0 Å². The first kappa shape index (κ1) is 24.0. The Morgan fingerprint density at radius 1 is 1.06 bits per heavy atom. The first-order valence-electron chi connectivity index (χ1n) is 11.8. The third-order valence-corrected chi connectivity index (χ3v) is 6.94. The van der Waals surface area contributed by atoms with Gasteiger partial charge < -0.3 is 20.1 Å². The van der Waals surface area contributed by atoms with Gasteiger partial charge in [-0.05, 0) is 66.4 Å². The summed E-state index contributed by atoms with van der Waals surface area (Å²) in [6.45, 7) is 0.414. The monoisotopic (exact) mass is 504 g/mol. The molecule has 2 saturated heterocycles. The van der Waals surface area contributed by atoms with Crippen LogP contribution in [0.25, 0.3) is 0 Å². The number of nitrogens with zero attached hydrogens (tertiary/aromatic N) is 1. The number of carbonyl (C=O) groups excluding carboxylic acids is 3. The lowest BCUT2D eigenvalue weighted by Gasteiger charge is -2.28. The summed E-state index contributed by atoms with van der Waals surface area (Å²) in [5.41, 5.74) is 7.27. The number of amides is 2. The van der Waals surface area contributed by atoms with Crippen molar-refractivity contribution >= 4 is 29.2 Å². The first-order valence-corrected chi connectivity index (χ1v) is 12.1. The Morgan fingerprint density at radius 3 is 2.53 bits per heavy atom. The van der Waals surface area contributed by atoms with Gasteiger partial charge in [0, 0.05) is 17.1 Å². The third kappa shape index (κ3) is 4.85. The fraction of sp³-hybridized carbons (Fsp3) is 0.250. The minimum atomic E-state index is -0.778. The fourth-order valence-electron chi connectivity index (χ4n) is 4.97. The van der Waals surface area contributed by atoms with E-state index in [4.69, 9.17) is 26.8 Å². The van der Waals surface area contributed by atoms with Crippen molar-refractivity contribution in [1.29, 1.82) is 0 Å². The van der Waals surface area contributed by atoms with Gasteiger partial charge in [-0.25, -0.2) is 0 Å². The fourth-order valence-corrected chi connectivity index (χ4v) is 5.10. The number of hydrogen-bond donors (Lipinski definition) is 1. The molecule has 0 aromatic heterocycles. The molecule has 2 aliphatic heterocycles. The van der Waals surface area contributed by atoms with Crippen molar-refractivity contribution in [3.63, 3.8) is 0 Å². The summed E-state index contributed by atoms with van der Waals surface area (Å²) in [7, 11) is 0. The minimum Gasteiger partial charge on any atom is -0.457 e. The number of carbonyl (C=O) groups is 3. The normalized spacial score (nSPS) is 19.7. The van der Waals surface area contributed by atoms with Gasteiger partial charge in [-0.2, -0.15) is 0 Å². The number of nitrogens with two attached hydrogens (primary N) is 1. The van der Waals surface area contributed by atoms with Crippen molar-refractivity contribution in [2.24, 2.45) is 5.73 Å². The summed E-state index contributed by atoms with van der Waals surface area (Å²) in [5, 5.41) is 0.578. The van der Waals surface area contributed by atoms with Crippen LogP contribution < -0.4 is 10.5 Å². The Labute approximate surface area is 213 Å². The quantitative estimate of drug-likeness (QED) is 0.521. The summed E-state index contributed by atoms with van der Waals surface area (Å²) in [6.07, 6.45) is 0.588. The molecule has 2 fully saturated rings. The Kier molecular flexibility index (Phi) is 6.76. The van der Waals surface area contributed by atoms with Crippen molar-refractivity contribution in [1.82, 2.24) is 4.90 Å². The molecule has 3 aromatic rings. The minimum absolute atomic E-state index is 0.00784. The van der Waals surface area contributed by atoms with Gasteiger partial charge in [-0.15, -0.1) is 0 Å². The number of hydrogen-bond acceptors (Lipinski definition) is 5. The van der Waals surface area contributed by atoms with Crippen molar-refractivity contribution in [2.45, 2.75) is 30.9 Å². The van der Waals surface area contributed by atoms with Crippen molar-refractivity contribution in [2.75, 3.05) is 13.2 Å². The van der Waals surface area contributed by atoms with Crippen LogP contribution in [0.4, 0.5) is 0 Å². The molecule has 0 aliphatic carbocycles. The lowest BCUT2D eigenvalue weighted by atomic mass is 9.86. The van der Waals surface area contributed by atoms with Gasteiger partial charge in [0.15, 0.2) is 5.78 Å². The molecule has 0 spiro atoms. The Bertz CT molecular complexity index is 1300. The van der Waals surface area contributed by atoms with E-state index in [-0.39, 0.29) is 36.4 Å². The highest BCUT2D eigenvalue weighted by Crippen LogP contribution is 2.35. The van der Waals surface area contributed by atoms with Crippen LogP contribution in [0.3, 0.4) is 0 Å². The molecule has 2 heterocycles. The maximum atomic E-state index is 14.0. The molecule has 0 saturated carbocycles. The van der Waals surface area contributed by atoms with Gasteiger partial charge in [0.1, 0.15) is 24.1 Å². The molecule has 3 aromatic carbocycles. The largest absolute Gasteiger partial charge is 0.457 e. The van der Waals surface area contributed by atoms with Gasteiger partial charge in [0.2, 0.25) is 11.8 Å². The number of para-hydroxylation sites is 1. The number of rotatable bonds is 7. The second kappa shape index (κ2) is 10.1. The lowest BCUT2D eigenvalue weighted by molar-refractivity contribution is -0.137. The van der Waals surface area contributed by atoms with E-state index in [1.807, 2.05) is 42.5 Å². The van der Waals surface area contributed by atoms with E-state index in [1.165, 1.54) is 0 Å². The smallest absolute Gasteiger partial charge is 0.249 e. The van der Waals surface area contributed by atoms with Crippen molar-refractivity contribution in [3.8, 4) is 11.5 Å². The molecule has 5 rings (SSSR count). The molecule has 7 nitrogen and oxygen atoms in total. The zero-order valence-corrected chi connectivity index (χ0v) is 20.2. The van der Waals surface area contributed by atoms with Crippen LogP contribution in [0.2, 0.25) is 5.02 Å². The molecule has 184 valence electrons. The van der Waals surface area contributed by atoms with Crippen molar-refractivity contribution < 1.29 is 23.9 Å². The lowest BCUT2D eigenvalue weighted by Crippen LogP contribution is -2.44. The molecule has 0 bridgehead atoms. The standard InChI is InChI=1S/C28H25ClN2O5/c29-18-8-6-17(7-9-18)14-23(28(34)31-13-12-25-26(31)24(32)16-35-25)22-15-20(10-11-21(22)27(30)33)36-19-4-2-1-3-5-19/h1-11,15,23,25-26H,12-14,16H2,(H2,30,33). The average Bonchev–Trinajstić information content (AvgIpc) is 3.47.